The van der Waals surface area contributed by atoms with E-state index in [-0.39, 0.29) is 18.4 Å². The van der Waals surface area contributed by atoms with Crippen LogP contribution >= 0.6 is 11.6 Å². The number of halogens is 2. The molecule has 6 rings (SSSR count). The Labute approximate surface area is 211 Å². The van der Waals surface area contributed by atoms with Gasteiger partial charge in [-0.3, -0.25) is 18.5 Å². The first-order valence-corrected chi connectivity index (χ1v) is 12.5. The van der Waals surface area contributed by atoms with Gasteiger partial charge in [0.1, 0.15) is 5.82 Å². The molecule has 4 aromatic rings. The van der Waals surface area contributed by atoms with E-state index in [1.807, 2.05) is 28.8 Å². The minimum Gasteiger partial charge on any atom is -0.338 e. The molecular formula is C26H26ClFN6O2. The molecule has 2 atom stereocenters. The third-order valence-corrected chi connectivity index (χ3v) is 7.82. The smallest absolute Gasteiger partial charge is 0.332 e. The Morgan fingerprint density at radius 3 is 2.61 bits per heavy atom. The summed E-state index contributed by atoms with van der Waals surface area (Å²) in [7, 11) is 1.63. The van der Waals surface area contributed by atoms with Crippen LogP contribution in [0.3, 0.4) is 0 Å². The summed E-state index contributed by atoms with van der Waals surface area (Å²) in [5, 5.41) is 4.06. The summed E-state index contributed by atoms with van der Waals surface area (Å²) in [6, 6.07) is 13.6. The Kier molecular flexibility index (Phi) is 5.69. The van der Waals surface area contributed by atoms with Crippen molar-refractivity contribution in [2.45, 2.75) is 25.6 Å². The molecule has 2 aliphatic rings. The van der Waals surface area contributed by atoms with E-state index in [1.165, 1.54) is 21.3 Å². The van der Waals surface area contributed by atoms with Crippen LogP contribution in [0.5, 0.6) is 0 Å². The standard InChI is InChI=1S/C26H26ClFN6O2/c1-31-23-22(24(35)34(26(31)36)14-16-6-8-19(28)9-7-16)33(15-18-4-2-3-5-20(18)27)25(30-23)32-11-10-17-12-29-13-21(17)32/h2-9,17,21,29H,10-15H2,1H3. The molecule has 0 spiro atoms. The van der Waals surface area contributed by atoms with Crippen molar-refractivity contribution in [1.82, 2.24) is 24.0 Å². The average Bonchev–Trinajstić information content (AvgIpc) is 3.58. The Balaban J connectivity index is 1.56. The van der Waals surface area contributed by atoms with Crippen LogP contribution in [0.25, 0.3) is 11.2 Å². The lowest BCUT2D eigenvalue weighted by Crippen LogP contribution is -2.40. The average molecular weight is 509 g/mol. The summed E-state index contributed by atoms with van der Waals surface area (Å²) in [6.07, 6.45) is 1.04. The number of aryl methyl sites for hydroxylation is 1. The number of nitrogens with zero attached hydrogens (tertiary/aromatic N) is 5. The maximum atomic E-state index is 13.9. The van der Waals surface area contributed by atoms with Crippen molar-refractivity contribution in [3.63, 3.8) is 0 Å². The number of fused-ring (bicyclic) bond motifs is 2. The van der Waals surface area contributed by atoms with Gasteiger partial charge in [-0.05, 0) is 41.7 Å². The molecule has 2 saturated heterocycles. The molecule has 10 heteroatoms. The second-order valence-electron chi connectivity index (χ2n) is 9.59. The van der Waals surface area contributed by atoms with Crippen molar-refractivity contribution in [1.29, 1.82) is 0 Å². The molecule has 2 fully saturated rings. The fraction of sp³-hybridized carbons (Fsp3) is 0.346. The van der Waals surface area contributed by atoms with E-state index in [9.17, 15) is 14.0 Å². The lowest BCUT2D eigenvalue weighted by molar-refractivity contribution is 0.573. The summed E-state index contributed by atoms with van der Waals surface area (Å²) in [5.41, 5.74) is 1.32. The third kappa shape index (κ3) is 3.74. The molecule has 0 saturated carbocycles. The van der Waals surface area contributed by atoms with Gasteiger partial charge in [-0.15, -0.1) is 0 Å². The minimum atomic E-state index is -0.465. The summed E-state index contributed by atoms with van der Waals surface area (Å²) >= 11 is 6.51. The molecule has 186 valence electrons. The van der Waals surface area contributed by atoms with E-state index in [4.69, 9.17) is 16.6 Å². The summed E-state index contributed by atoms with van der Waals surface area (Å²) in [4.78, 5) is 34.3. The van der Waals surface area contributed by atoms with E-state index in [0.29, 0.717) is 40.2 Å². The number of hydrogen-bond donors (Lipinski definition) is 1. The third-order valence-electron chi connectivity index (χ3n) is 7.45. The van der Waals surface area contributed by atoms with E-state index in [1.54, 1.807) is 19.2 Å². The molecule has 0 bridgehead atoms. The number of aromatic nitrogens is 4. The van der Waals surface area contributed by atoms with Gasteiger partial charge < -0.3 is 10.2 Å². The number of anilines is 1. The van der Waals surface area contributed by atoms with Crippen LogP contribution in [0, 0.1) is 11.7 Å². The van der Waals surface area contributed by atoms with Crippen molar-refractivity contribution in [3.8, 4) is 0 Å². The summed E-state index contributed by atoms with van der Waals surface area (Å²) in [6.45, 7) is 3.03. The second-order valence-corrected chi connectivity index (χ2v) is 10.00. The van der Waals surface area contributed by atoms with Crippen LogP contribution < -0.4 is 21.5 Å². The minimum absolute atomic E-state index is 0.0344. The molecule has 2 aromatic carbocycles. The second kappa shape index (κ2) is 8.90. The number of rotatable bonds is 5. The predicted octanol–water partition coefficient (Wildman–Crippen LogP) is 2.58. The van der Waals surface area contributed by atoms with Crippen molar-refractivity contribution in [2.75, 3.05) is 24.5 Å². The van der Waals surface area contributed by atoms with E-state index >= 15 is 0 Å². The molecule has 4 heterocycles. The van der Waals surface area contributed by atoms with Gasteiger partial charge in [0.15, 0.2) is 11.2 Å². The van der Waals surface area contributed by atoms with Gasteiger partial charge >= 0.3 is 5.69 Å². The number of benzene rings is 2. The highest BCUT2D eigenvalue weighted by Gasteiger charge is 2.40. The molecule has 2 aliphatic heterocycles. The van der Waals surface area contributed by atoms with Gasteiger partial charge in [0.25, 0.3) is 5.56 Å². The first-order chi connectivity index (χ1) is 17.4. The van der Waals surface area contributed by atoms with Crippen molar-refractivity contribution >= 4 is 28.7 Å². The van der Waals surface area contributed by atoms with E-state index in [2.05, 4.69) is 10.2 Å². The van der Waals surface area contributed by atoms with Crippen molar-refractivity contribution in [2.24, 2.45) is 13.0 Å². The van der Waals surface area contributed by atoms with E-state index in [0.717, 1.165) is 31.6 Å². The van der Waals surface area contributed by atoms with Crippen LogP contribution in [0.2, 0.25) is 5.02 Å². The highest BCUT2D eigenvalue weighted by atomic mass is 35.5. The molecular weight excluding hydrogens is 483 g/mol. The monoisotopic (exact) mass is 508 g/mol. The molecule has 2 unspecified atom stereocenters. The molecule has 0 aliphatic carbocycles. The van der Waals surface area contributed by atoms with Crippen molar-refractivity contribution < 1.29 is 4.39 Å². The predicted molar refractivity (Wildman–Crippen MR) is 137 cm³/mol. The van der Waals surface area contributed by atoms with Crippen LogP contribution in [0.15, 0.2) is 58.1 Å². The fourth-order valence-electron chi connectivity index (χ4n) is 5.54. The number of imidazole rings is 1. The topological polar surface area (TPSA) is 77.1 Å². The van der Waals surface area contributed by atoms with Crippen LogP contribution in [0.4, 0.5) is 10.3 Å². The first kappa shape index (κ1) is 23.0. The summed E-state index contributed by atoms with van der Waals surface area (Å²) in [5.74, 6) is 0.826. The Morgan fingerprint density at radius 1 is 1.06 bits per heavy atom. The highest BCUT2D eigenvalue weighted by Crippen LogP contribution is 2.33. The fourth-order valence-corrected chi connectivity index (χ4v) is 5.73. The largest absolute Gasteiger partial charge is 0.338 e. The molecule has 8 nitrogen and oxygen atoms in total. The van der Waals surface area contributed by atoms with Gasteiger partial charge in [0, 0.05) is 37.7 Å². The summed E-state index contributed by atoms with van der Waals surface area (Å²) < 4.78 is 17.9. The van der Waals surface area contributed by atoms with Gasteiger partial charge in [0.05, 0.1) is 13.1 Å². The van der Waals surface area contributed by atoms with Gasteiger partial charge in [0.2, 0.25) is 5.95 Å². The Morgan fingerprint density at radius 2 is 1.83 bits per heavy atom. The van der Waals surface area contributed by atoms with Crippen LogP contribution in [0.1, 0.15) is 17.5 Å². The van der Waals surface area contributed by atoms with Gasteiger partial charge in [-0.2, -0.15) is 4.98 Å². The molecule has 0 radical (unpaired) electrons. The van der Waals surface area contributed by atoms with Gasteiger partial charge in [-0.1, -0.05) is 41.9 Å². The number of hydrogen-bond acceptors (Lipinski definition) is 5. The van der Waals surface area contributed by atoms with Crippen LogP contribution in [-0.2, 0) is 20.1 Å². The SMILES string of the molecule is Cn1c(=O)n(Cc2ccc(F)cc2)c(=O)c2c1nc(N1CCC3CNCC31)n2Cc1ccccc1Cl. The zero-order valence-electron chi connectivity index (χ0n) is 19.8. The quantitative estimate of drug-likeness (QED) is 0.448. The molecule has 2 aromatic heterocycles. The molecule has 0 amide bonds. The zero-order chi connectivity index (χ0) is 25.0. The lowest BCUT2D eigenvalue weighted by Gasteiger charge is -2.25. The first-order valence-electron chi connectivity index (χ1n) is 12.1. The van der Waals surface area contributed by atoms with Crippen molar-refractivity contribution in [3.05, 3.63) is 91.3 Å². The Bertz CT molecular complexity index is 1570. The lowest BCUT2D eigenvalue weighted by atomic mass is 10.1. The highest BCUT2D eigenvalue weighted by molar-refractivity contribution is 6.31. The van der Waals surface area contributed by atoms with Crippen LogP contribution in [-0.4, -0.2) is 44.4 Å². The molecule has 1 N–H and O–H groups in total. The zero-order valence-corrected chi connectivity index (χ0v) is 20.6. The Hall–Kier alpha value is -3.43. The maximum absolute atomic E-state index is 13.9. The van der Waals surface area contributed by atoms with Gasteiger partial charge in [-0.25, -0.2) is 9.18 Å². The number of nitrogens with one attached hydrogen (secondary N) is 1. The maximum Gasteiger partial charge on any atom is 0.332 e. The molecule has 36 heavy (non-hydrogen) atoms. The van der Waals surface area contributed by atoms with E-state index < -0.39 is 11.2 Å². The normalized spacial score (nSPS) is 19.4.